The normalized spacial score (nSPS) is 19.2. The Balaban J connectivity index is 2.19. The van der Waals surface area contributed by atoms with Crippen LogP contribution in [-0.2, 0) is 9.59 Å². The number of hydrogen-bond donors (Lipinski definition) is 1. The number of rotatable bonds is 4. The molecule has 1 aliphatic rings. The predicted molar refractivity (Wildman–Crippen MR) is 97.1 cm³/mol. The van der Waals surface area contributed by atoms with Crippen LogP contribution in [0.25, 0.3) is 5.76 Å². The summed E-state index contributed by atoms with van der Waals surface area (Å²) in [7, 11) is 0. The minimum atomic E-state index is -0.705. The van der Waals surface area contributed by atoms with Gasteiger partial charge in [-0.25, -0.2) is 0 Å². The summed E-state index contributed by atoms with van der Waals surface area (Å²) in [5.74, 6) is -1.55. The molecule has 1 fully saturated rings. The van der Waals surface area contributed by atoms with E-state index in [9.17, 15) is 14.7 Å². The molecule has 1 heterocycles. The average molecular weight is 354 g/mol. The van der Waals surface area contributed by atoms with Gasteiger partial charge in [0.1, 0.15) is 5.76 Å². The number of benzene rings is 2. The second-order valence-electron chi connectivity index (χ2n) is 5.66. The number of hydrogen-bond acceptors (Lipinski definition) is 3. The van der Waals surface area contributed by atoms with Crippen molar-refractivity contribution in [3.8, 4) is 0 Å². The van der Waals surface area contributed by atoms with Gasteiger partial charge < -0.3 is 10.0 Å². The lowest BCUT2D eigenvalue weighted by atomic mass is 9.95. The molecule has 1 N–H and O–H groups in total. The van der Waals surface area contributed by atoms with Crippen molar-refractivity contribution in [2.45, 2.75) is 6.04 Å². The first kappa shape index (κ1) is 17.0. The SMILES string of the molecule is C=CCN1C(=O)C(=O)/C(=C(\O)c2ccccc2)C1c1ccc(Cl)cc1. The number of carbonyl (C=O) groups is 2. The second-order valence-corrected chi connectivity index (χ2v) is 6.09. The third-order valence-electron chi connectivity index (χ3n) is 4.10. The summed E-state index contributed by atoms with van der Waals surface area (Å²) < 4.78 is 0. The molecule has 3 rings (SSSR count). The Labute approximate surface area is 150 Å². The molecule has 2 aromatic carbocycles. The minimum Gasteiger partial charge on any atom is -0.507 e. The van der Waals surface area contributed by atoms with E-state index in [1.54, 1.807) is 54.6 Å². The van der Waals surface area contributed by atoms with E-state index in [-0.39, 0.29) is 17.9 Å². The molecule has 2 aromatic rings. The Kier molecular flexibility index (Phi) is 4.72. The van der Waals surface area contributed by atoms with E-state index in [1.165, 1.54) is 4.90 Å². The van der Waals surface area contributed by atoms with Gasteiger partial charge in [0.25, 0.3) is 11.7 Å². The molecule has 0 spiro atoms. The Hall–Kier alpha value is -2.85. The molecule has 4 nitrogen and oxygen atoms in total. The largest absolute Gasteiger partial charge is 0.507 e. The van der Waals surface area contributed by atoms with Crippen LogP contribution in [-0.4, -0.2) is 28.2 Å². The summed E-state index contributed by atoms with van der Waals surface area (Å²) in [6, 6.07) is 14.9. The molecule has 25 heavy (non-hydrogen) atoms. The van der Waals surface area contributed by atoms with Crippen LogP contribution in [0.4, 0.5) is 0 Å². The van der Waals surface area contributed by atoms with E-state index < -0.39 is 17.7 Å². The zero-order chi connectivity index (χ0) is 18.0. The molecule has 1 atom stereocenters. The summed E-state index contributed by atoms with van der Waals surface area (Å²) in [4.78, 5) is 26.4. The monoisotopic (exact) mass is 353 g/mol. The van der Waals surface area contributed by atoms with Crippen molar-refractivity contribution in [3.63, 3.8) is 0 Å². The maximum absolute atomic E-state index is 12.6. The van der Waals surface area contributed by atoms with Gasteiger partial charge in [-0.3, -0.25) is 9.59 Å². The van der Waals surface area contributed by atoms with Crippen LogP contribution in [0.3, 0.4) is 0 Å². The number of Topliss-reactive ketones (excluding diaryl/α,β-unsaturated/α-hetero) is 1. The van der Waals surface area contributed by atoms with Gasteiger partial charge in [0.2, 0.25) is 0 Å². The standard InChI is InChI=1S/C20H16ClNO3/c1-2-12-22-17(13-8-10-15(21)11-9-13)16(19(24)20(22)25)18(23)14-6-4-3-5-7-14/h2-11,17,23H,1,12H2/b18-16-. The third-order valence-corrected chi connectivity index (χ3v) is 4.35. The van der Waals surface area contributed by atoms with E-state index in [1.807, 2.05) is 6.07 Å². The number of halogens is 1. The molecule has 1 aliphatic heterocycles. The van der Waals surface area contributed by atoms with Crippen LogP contribution in [0.2, 0.25) is 5.02 Å². The van der Waals surface area contributed by atoms with Crippen molar-refractivity contribution in [2.24, 2.45) is 0 Å². The van der Waals surface area contributed by atoms with Crippen LogP contribution in [0.1, 0.15) is 17.2 Å². The highest BCUT2D eigenvalue weighted by Crippen LogP contribution is 2.39. The van der Waals surface area contributed by atoms with Crippen LogP contribution in [0.15, 0.2) is 72.8 Å². The molecule has 1 unspecified atom stereocenters. The lowest BCUT2D eigenvalue weighted by Gasteiger charge is -2.24. The van der Waals surface area contributed by atoms with E-state index >= 15 is 0 Å². The molecular formula is C20H16ClNO3. The maximum atomic E-state index is 12.6. The van der Waals surface area contributed by atoms with Gasteiger partial charge in [0.15, 0.2) is 0 Å². The summed E-state index contributed by atoms with van der Waals surface area (Å²) in [5, 5.41) is 11.3. The number of amides is 1. The fourth-order valence-electron chi connectivity index (χ4n) is 2.95. The third kappa shape index (κ3) is 3.08. The Morgan fingerprint density at radius 1 is 1.12 bits per heavy atom. The number of nitrogens with zero attached hydrogens (tertiary/aromatic N) is 1. The molecule has 0 aliphatic carbocycles. The fourth-order valence-corrected chi connectivity index (χ4v) is 3.08. The molecule has 126 valence electrons. The van der Waals surface area contributed by atoms with E-state index in [0.29, 0.717) is 16.1 Å². The Bertz CT molecular complexity index is 856. The summed E-state index contributed by atoms with van der Waals surface area (Å²) in [6.07, 6.45) is 1.55. The number of ketones is 1. The molecule has 5 heteroatoms. The molecule has 0 aromatic heterocycles. The van der Waals surface area contributed by atoms with Gasteiger partial charge in [-0.2, -0.15) is 0 Å². The van der Waals surface area contributed by atoms with Crippen molar-refractivity contribution in [3.05, 3.63) is 89.0 Å². The topological polar surface area (TPSA) is 57.6 Å². The van der Waals surface area contributed by atoms with Gasteiger partial charge in [0, 0.05) is 17.1 Å². The van der Waals surface area contributed by atoms with Gasteiger partial charge in [-0.05, 0) is 17.7 Å². The van der Waals surface area contributed by atoms with E-state index in [4.69, 9.17) is 11.6 Å². The summed E-state index contributed by atoms with van der Waals surface area (Å²) >= 11 is 5.94. The van der Waals surface area contributed by atoms with Crippen LogP contribution >= 0.6 is 11.6 Å². The van der Waals surface area contributed by atoms with Gasteiger partial charge in [-0.1, -0.05) is 60.1 Å². The van der Waals surface area contributed by atoms with Crippen molar-refractivity contribution in [2.75, 3.05) is 6.54 Å². The van der Waals surface area contributed by atoms with E-state index in [0.717, 1.165) is 0 Å². The Morgan fingerprint density at radius 2 is 1.76 bits per heavy atom. The van der Waals surface area contributed by atoms with Crippen LogP contribution in [0.5, 0.6) is 0 Å². The highest BCUT2D eigenvalue weighted by Gasteiger charge is 2.45. The van der Waals surface area contributed by atoms with Gasteiger partial charge in [-0.15, -0.1) is 6.58 Å². The highest BCUT2D eigenvalue weighted by molar-refractivity contribution is 6.46. The summed E-state index contributed by atoms with van der Waals surface area (Å²) in [5.41, 5.74) is 1.25. The van der Waals surface area contributed by atoms with Crippen molar-refractivity contribution in [1.29, 1.82) is 0 Å². The zero-order valence-electron chi connectivity index (χ0n) is 13.4. The zero-order valence-corrected chi connectivity index (χ0v) is 14.1. The molecule has 0 saturated carbocycles. The van der Waals surface area contributed by atoms with Crippen LogP contribution < -0.4 is 0 Å². The second kappa shape index (κ2) is 6.95. The lowest BCUT2D eigenvalue weighted by Crippen LogP contribution is -2.29. The van der Waals surface area contributed by atoms with Crippen molar-refractivity contribution >= 4 is 29.1 Å². The molecule has 0 radical (unpaired) electrons. The van der Waals surface area contributed by atoms with Gasteiger partial charge in [0.05, 0.1) is 11.6 Å². The summed E-state index contributed by atoms with van der Waals surface area (Å²) in [6.45, 7) is 3.85. The molecule has 1 saturated heterocycles. The first-order valence-electron chi connectivity index (χ1n) is 7.74. The maximum Gasteiger partial charge on any atom is 0.295 e. The van der Waals surface area contributed by atoms with E-state index in [2.05, 4.69) is 6.58 Å². The number of aliphatic hydroxyl groups is 1. The average Bonchev–Trinajstić information content (AvgIpc) is 2.88. The Morgan fingerprint density at radius 3 is 2.36 bits per heavy atom. The molecular weight excluding hydrogens is 338 g/mol. The predicted octanol–water partition coefficient (Wildman–Crippen LogP) is 3.95. The number of likely N-dealkylation sites (tertiary alicyclic amines) is 1. The van der Waals surface area contributed by atoms with Gasteiger partial charge >= 0.3 is 0 Å². The number of aliphatic hydroxyl groups excluding tert-OH is 1. The van der Waals surface area contributed by atoms with Crippen molar-refractivity contribution < 1.29 is 14.7 Å². The first-order chi connectivity index (χ1) is 12.0. The fraction of sp³-hybridized carbons (Fsp3) is 0.100. The molecule has 0 bridgehead atoms. The highest BCUT2D eigenvalue weighted by atomic mass is 35.5. The quantitative estimate of drug-likeness (QED) is 0.392. The van der Waals surface area contributed by atoms with Crippen LogP contribution in [0, 0.1) is 0 Å². The molecule has 1 amide bonds. The van der Waals surface area contributed by atoms with Crippen molar-refractivity contribution in [1.82, 2.24) is 4.90 Å². The lowest BCUT2D eigenvalue weighted by molar-refractivity contribution is -0.139. The number of carbonyl (C=O) groups excluding carboxylic acids is 2. The first-order valence-corrected chi connectivity index (χ1v) is 8.12. The minimum absolute atomic E-state index is 0.0698. The smallest absolute Gasteiger partial charge is 0.295 e.